The van der Waals surface area contributed by atoms with Gasteiger partial charge in [-0.3, -0.25) is 9.59 Å². The van der Waals surface area contributed by atoms with Gasteiger partial charge < -0.3 is 24.6 Å². The highest BCUT2D eigenvalue weighted by atomic mass is 31.1. The van der Waals surface area contributed by atoms with E-state index in [4.69, 9.17) is 4.74 Å². The van der Waals surface area contributed by atoms with E-state index in [-0.39, 0.29) is 49.2 Å². The number of likely N-dealkylation sites (N-methyl/N-ethyl adjacent to an activating group) is 1. The number of methoxy groups -OCH3 is 1. The maximum atomic E-state index is 14.2. The van der Waals surface area contributed by atoms with Crippen molar-refractivity contribution in [2.24, 2.45) is 0 Å². The van der Waals surface area contributed by atoms with Crippen molar-refractivity contribution in [3.63, 3.8) is 0 Å². The van der Waals surface area contributed by atoms with Gasteiger partial charge in [-0.1, -0.05) is 18.2 Å². The molecule has 236 valence electrons. The number of nitrogens with zero attached hydrogens (tertiary/aromatic N) is 2. The van der Waals surface area contributed by atoms with E-state index < -0.39 is 18.3 Å². The number of alkyl halides is 2. The number of carbonyl (C=O) groups is 2. The van der Waals surface area contributed by atoms with Gasteiger partial charge in [-0.05, 0) is 101 Å². The summed E-state index contributed by atoms with van der Waals surface area (Å²) in [4.78, 5) is 30.2. The number of halogens is 4. The van der Waals surface area contributed by atoms with E-state index in [1.807, 2.05) is 0 Å². The van der Waals surface area contributed by atoms with Gasteiger partial charge in [-0.15, -0.1) is 0 Å². The van der Waals surface area contributed by atoms with Gasteiger partial charge in [0, 0.05) is 30.9 Å². The van der Waals surface area contributed by atoms with Crippen molar-refractivity contribution in [1.82, 2.24) is 15.1 Å². The Hall–Kier alpha value is -3.43. The van der Waals surface area contributed by atoms with Crippen LogP contribution in [-0.4, -0.2) is 66.9 Å². The van der Waals surface area contributed by atoms with E-state index in [9.17, 15) is 27.2 Å². The van der Waals surface area contributed by atoms with E-state index >= 15 is 0 Å². The molecule has 1 spiro atoms. The molecule has 2 aromatic carbocycles. The lowest BCUT2D eigenvalue weighted by Crippen LogP contribution is -2.48. The molecule has 44 heavy (non-hydrogen) atoms. The molecule has 2 amide bonds. The van der Waals surface area contributed by atoms with E-state index in [0.717, 1.165) is 24.1 Å². The van der Waals surface area contributed by atoms with Crippen molar-refractivity contribution >= 4 is 20.1 Å². The zero-order chi connectivity index (χ0) is 31.4. The summed E-state index contributed by atoms with van der Waals surface area (Å²) in [5.74, 6) is -1.22. The predicted octanol–water partition coefficient (Wildman–Crippen LogP) is 6.71. The highest BCUT2D eigenvalue weighted by Crippen LogP contribution is 2.52. The summed E-state index contributed by atoms with van der Waals surface area (Å²) in [6.45, 7) is -0.779. The molecule has 1 fully saturated rings. The molecule has 1 N–H and O–H groups in total. The lowest BCUT2D eigenvalue weighted by molar-refractivity contribution is -0.132. The first-order chi connectivity index (χ1) is 21.1. The fourth-order valence-electron chi connectivity index (χ4n) is 6.32. The summed E-state index contributed by atoms with van der Waals surface area (Å²) in [7, 11) is 3.05. The highest BCUT2D eigenvalue weighted by Gasteiger charge is 2.44. The van der Waals surface area contributed by atoms with Crippen molar-refractivity contribution in [1.29, 1.82) is 0 Å². The fraction of sp³-hybridized carbons (Fsp3) is 0.438. The molecule has 2 atom stereocenters. The van der Waals surface area contributed by atoms with E-state index in [1.165, 1.54) is 25.3 Å². The molecular formula is C32H36F4N3O4P. The number of hydrogen-bond donors (Lipinski definition) is 1. The van der Waals surface area contributed by atoms with Crippen LogP contribution in [0.5, 0.6) is 11.5 Å². The first-order valence-corrected chi connectivity index (χ1v) is 15.6. The quantitative estimate of drug-likeness (QED) is 0.233. The minimum atomic E-state index is -3.00. The van der Waals surface area contributed by atoms with Crippen LogP contribution in [0.15, 0.2) is 65.6 Å². The molecule has 3 aliphatic rings. The summed E-state index contributed by atoms with van der Waals surface area (Å²) < 4.78 is 63.2. The second kappa shape index (κ2) is 13.7. The average Bonchev–Trinajstić information content (AvgIpc) is 2.99. The molecule has 0 saturated carbocycles. The third-order valence-electron chi connectivity index (χ3n) is 8.63. The van der Waals surface area contributed by atoms with Crippen LogP contribution < -0.4 is 14.8 Å². The van der Waals surface area contributed by atoms with Crippen LogP contribution >= 0.6 is 8.58 Å². The van der Waals surface area contributed by atoms with Gasteiger partial charge in [0.05, 0.1) is 13.0 Å². The number of amides is 2. The summed E-state index contributed by atoms with van der Waals surface area (Å²) in [5, 5.41) is 2.60. The van der Waals surface area contributed by atoms with Crippen LogP contribution in [0, 0.1) is 5.82 Å². The molecule has 7 nitrogen and oxygen atoms in total. The lowest BCUT2D eigenvalue weighted by Gasteiger charge is -2.46. The number of carbonyl (C=O) groups excluding carboxylic acids is 2. The molecular weight excluding hydrogens is 597 g/mol. The molecule has 0 aromatic heterocycles. The summed E-state index contributed by atoms with van der Waals surface area (Å²) >= 11 is 0. The van der Waals surface area contributed by atoms with Crippen molar-refractivity contribution < 1.29 is 36.6 Å². The standard InChI is InChI=1S/C32H36F4N3O4P/c1-38(19-20-3-10-27(43-30(35)36)28(17-20)42-2)29(40)24(21-4-6-22(33)7-5-21)11-14-39-15-12-32(13-16-39)25-18-23(34)8-9-26(25)37-31(41)44-32/h3-7,10,17-18,24,30,44H,8-9,11-16,19H2,1-2H3,(H,37,41). The smallest absolute Gasteiger partial charge is 0.387 e. The van der Waals surface area contributed by atoms with E-state index in [1.54, 1.807) is 42.3 Å². The first-order valence-electron chi connectivity index (χ1n) is 14.6. The molecule has 2 aromatic rings. The zero-order valence-electron chi connectivity index (χ0n) is 24.7. The molecule has 2 unspecified atom stereocenters. The Balaban J connectivity index is 1.26. The van der Waals surface area contributed by atoms with Crippen LogP contribution in [0.25, 0.3) is 0 Å². The third kappa shape index (κ3) is 7.26. The van der Waals surface area contributed by atoms with Crippen molar-refractivity contribution in [3.8, 4) is 11.5 Å². The Kier molecular flexibility index (Phi) is 9.95. The second-order valence-corrected chi connectivity index (χ2v) is 13.1. The van der Waals surface area contributed by atoms with Crippen molar-refractivity contribution in [2.75, 3.05) is 33.8 Å². The minimum absolute atomic E-state index is 0.00623. The number of ether oxygens (including phenoxy) is 2. The molecule has 1 saturated heterocycles. The van der Waals surface area contributed by atoms with Crippen LogP contribution in [0.4, 0.5) is 22.4 Å². The topological polar surface area (TPSA) is 71.1 Å². The van der Waals surface area contributed by atoms with Gasteiger partial charge >= 0.3 is 6.61 Å². The van der Waals surface area contributed by atoms with Crippen molar-refractivity contribution in [3.05, 3.63) is 82.6 Å². The van der Waals surface area contributed by atoms with Crippen LogP contribution in [0.1, 0.15) is 49.1 Å². The average molecular weight is 634 g/mol. The van der Waals surface area contributed by atoms with Gasteiger partial charge in [0.25, 0.3) is 0 Å². The van der Waals surface area contributed by atoms with Crippen LogP contribution in [0.3, 0.4) is 0 Å². The number of nitrogens with one attached hydrogen (secondary N) is 1. The number of fused-ring (bicyclic) bond motifs is 1. The highest BCUT2D eigenvalue weighted by molar-refractivity contribution is 7.59. The van der Waals surface area contributed by atoms with Gasteiger partial charge in [0.2, 0.25) is 11.6 Å². The Bertz CT molecular complexity index is 1440. The van der Waals surface area contributed by atoms with Gasteiger partial charge in [-0.25, -0.2) is 8.78 Å². The molecule has 0 bridgehead atoms. The zero-order valence-corrected chi connectivity index (χ0v) is 25.7. The fourth-order valence-corrected chi connectivity index (χ4v) is 7.80. The number of hydrogen-bond acceptors (Lipinski definition) is 5. The lowest BCUT2D eigenvalue weighted by atomic mass is 9.83. The largest absolute Gasteiger partial charge is 0.493 e. The number of likely N-dealkylation sites (tertiary alicyclic amines) is 1. The van der Waals surface area contributed by atoms with Crippen molar-refractivity contribution in [2.45, 2.75) is 56.3 Å². The molecule has 0 radical (unpaired) electrons. The molecule has 12 heteroatoms. The predicted molar refractivity (Wildman–Crippen MR) is 161 cm³/mol. The second-order valence-electron chi connectivity index (χ2n) is 11.4. The third-order valence-corrected chi connectivity index (χ3v) is 10.2. The molecule has 5 rings (SSSR count). The van der Waals surface area contributed by atoms with Crippen LogP contribution in [-0.2, 0) is 11.3 Å². The Morgan fingerprint density at radius 2 is 1.82 bits per heavy atom. The van der Waals surface area contributed by atoms with Crippen LogP contribution in [0.2, 0.25) is 0 Å². The monoisotopic (exact) mass is 633 g/mol. The molecule has 2 aliphatic heterocycles. The Morgan fingerprint density at radius 1 is 1.09 bits per heavy atom. The SMILES string of the molecule is COc1cc(CN(C)C(=O)C(CCN2CCC3(CC2)PC(=O)NC2=C3C=C(F)CC2)c2ccc(F)cc2)ccc1OC(F)F. The number of benzene rings is 2. The van der Waals surface area contributed by atoms with Gasteiger partial charge in [0.15, 0.2) is 11.5 Å². The van der Waals surface area contributed by atoms with E-state index in [2.05, 4.69) is 15.0 Å². The number of piperidine rings is 1. The number of allylic oxidation sites excluding steroid dienone is 4. The maximum Gasteiger partial charge on any atom is 0.387 e. The number of rotatable bonds is 10. The maximum absolute atomic E-state index is 14.2. The van der Waals surface area contributed by atoms with E-state index in [0.29, 0.717) is 50.0 Å². The Morgan fingerprint density at radius 3 is 2.50 bits per heavy atom. The van der Waals surface area contributed by atoms with Gasteiger partial charge in [0.1, 0.15) is 11.6 Å². The normalized spacial score (nSPS) is 19.4. The van der Waals surface area contributed by atoms with Gasteiger partial charge in [-0.2, -0.15) is 8.78 Å². The summed E-state index contributed by atoms with van der Waals surface area (Å²) in [6.07, 6.45) is 4.37. The minimum Gasteiger partial charge on any atom is -0.493 e. The molecule has 1 aliphatic carbocycles. The first kappa shape index (κ1) is 32.0. The summed E-state index contributed by atoms with van der Waals surface area (Å²) in [5.41, 5.74) is 3.15. The summed E-state index contributed by atoms with van der Waals surface area (Å²) in [6, 6.07) is 10.5. The Labute approximate surface area is 256 Å². The molecule has 2 heterocycles.